The topological polar surface area (TPSA) is 75.6 Å². The van der Waals surface area contributed by atoms with Gasteiger partial charge in [0.1, 0.15) is 5.75 Å². The van der Waals surface area contributed by atoms with Crippen molar-refractivity contribution in [1.82, 2.24) is 5.32 Å². The van der Waals surface area contributed by atoms with E-state index in [4.69, 9.17) is 9.84 Å². The maximum Gasteiger partial charge on any atom is 0.306 e. The van der Waals surface area contributed by atoms with Gasteiger partial charge in [0.2, 0.25) is 5.91 Å². The lowest BCUT2D eigenvalue weighted by atomic mass is 10.1. The van der Waals surface area contributed by atoms with E-state index < -0.39 is 11.9 Å². The minimum Gasteiger partial charge on any atom is -0.497 e. The number of hydrogen-bond donors (Lipinski definition) is 2. The fraction of sp³-hybridized carbons (Fsp3) is 0.467. The van der Waals surface area contributed by atoms with Crippen LogP contribution in [0.1, 0.15) is 25.3 Å². The molecule has 2 N–H and O–H groups in total. The number of carboxylic acid groups (broad SMARTS) is 1. The second kappa shape index (κ2) is 8.19. The molecule has 1 atom stereocenters. The number of nitrogens with one attached hydrogen (secondary N) is 1. The van der Waals surface area contributed by atoms with Gasteiger partial charge in [-0.05, 0) is 30.5 Å². The van der Waals surface area contributed by atoms with Crippen LogP contribution in [0.3, 0.4) is 0 Å². The lowest BCUT2D eigenvalue weighted by molar-refractivity contribution is -0.141. The quantitative estimate of drug-likeness (QED) is 0.761. The van der Waals surface area contributed by atoms with Gasteiger partial charge in [-0.2, -0.15) is 0 Å². The zero-order chi connectivity index (χ0) is 15.0. The van der Waals surface area contributed by atoms with Crippen molar-refractivity contribution < 1.29 is 19.4 Å². The molecule has 1 rings (SSSR count). The summed E-state index contributed by atoms with van der Waals surface area (Å²) in [6.07, 6.45) is 1.46. The van der Waals surface area contributed by atoms with E-state index in [-0.39, 0.29) is 5.91 Å². The van der Waals surface area contributed by atoms with E-state index >= 15 is 0 Å². The van der Waals surface area contributed by atoms with Crippen LogP contribution in [0.4, 0.5) is 0 Å². The highest BCUT2D eigenvalue weighted by Gasteiger charge is 2.10. The van der Waals surface area contributed by atoms with Crippen LogP contribution >= 0.6 is 0 Å². The molecule has 0 saturated heterocycles. The smallest absolute Gasteiger partial charge is 0.306 e. The van der Waals surface area contributed by atoms with E-state index in [1.165, 1.54) is 0 Å². The molecule has 0 aliphatic rings. The second-order valence-corrected chi connectivity index (χ2v) is 4.73. The molecular weight excluding hydrogens is 258 g/mol. The summed E-state index contributed by atoms with van der Waals surface area (Å²) in [4.78, 5) is 22.3. The van der Waals surface area contributed by atoms with Crippen LogP contribution in [-0.2, 0) is 16.0 Å². The number of methoxy groups -OCH3 is 1. The van der Waals surface area contributed by atoms with Gasteiger partial charge in [0.15, 0.2) is 0 Å². The van der Waals surface area contributed by atoms with Gasteiger partial charge in [-0.25, -0.2) is 0 Å². The summed E-state index contributed by atoms with van der Waals surface area (Å²) < 4.78 is 5.12. The molecule has 0 aliphatic carbocycles. The van der Waals surface area contributed by atoms with Gasteiger partial charge in [0.25, 0.3) is 0 Å². The standard InChI is InChI=1S/C15H21NO4/c1-11(15(18)19)8-9-16-14(17)7-6-12-4-3-5-13(10-12)20-2/h3-5,10-11H,6-9H2,1-2H3,(H,16,17)(H,18,19). The predicted octanol–water partition coefficient (Wildman–Crippen LogP) is 1.85. The summed E-state index contributed by atoms with van der Waals surface area (Å²) in [6.45, 7) is 2.02. The molecule has 110 valence electrons. The van der Waals surface area contributed by atoms with E-state index in [1.807, 2.05) is 24.3 Å². The molecule has 1 unspecified atom stereocenters. The van der Waals surface area contributed by atoms with Crippen molar-refractivity contribution >= 4 is 11.9 Å². The van der Waals surface area contributed by atoms with Crippen LogP contribution in [0, 0.1) is 5.92 Å². The highest BCUT2D eigenvalue weighted by molar-refractivity contribution is 5.76. The molecule has 0 fully saturated rings. The number of carbonyl (C=O) groups excluding carboxylic acids is 1. The number of carbonyl (C=O) groups is 2. The van der Waals surface area contributed by atoms with Crippen molar-refractivity contribution in [2.24, 2.45) is 5.92 Å². The number of amides is 1. The van der Waals surface area contributed by atoms with Crippen molar-refractivity contribution in [3.05, 3.63) is 29.8 Å². The zero-order valence-corrected chi connectivity index (χ0v) is 11.9. The molecule has 20 heavy (non-hydrogen) atoms. The Labute approximate surface area is 118 Å². The molecular formula is C15H21NO4. The number of aliphatic carboxylic acids is 1. The number of carboxylic acids is 1. The number of aryl methyl sites for hydroxylation is 1. The molecule has 0 saturated carbocycles. The zero-order valence-electron chi connectivity index (χ0n) is 11.9. The molecule has 0 heterocycles. The van der Waals surface area contributed by atoms with Gasteiger partial charge in [0.05, 0.1) is 13.0 Å². The van der Waals surface area contributed by atoms with Gasteiger partial charge in [-0.15, -0.1) is 0 Å². The van der Waals surface area contributed by atoms with Crippen molar-refractivity contribution in [1.29, 1.82) is 0 Å². The minimum atomic E-state index is -0.837. The first-order valence-corrected chi connectivity index (χ1v) is 6.65. The van der Waals surface area contributed by atoms with Crippen LogP contribution in [-0.4, -0.2) is 30.6 Å². The molecule has 1 aromatic carbocycles. The van der Waals surface area contributed by atoms with Crippen LogP contribution in [0.25, 0.3) is 0 Å². The molecule has 0 spiro atoms. The highest BCUT2D eigenvalue weighted by atomic mass is 16.5. The van der Waals surface area contributed by atoms with Gasteiger partial charge in [-0.1, -0.05) is 19.1 Å². The van der Waals surface area contributed by atoms with Crippen LogP contribution in [0.2, 0.25) is 0 Å². The molecule has 0 aromatic heterocycles. The number of rotatable bonds is 8. The van der Waals surface area contributed by atoms with E-state index in [0.717, 1.165) is 11.3 Å². The maximum absolute atomic E-state index is 11.6. The summed E-state index contributed by atoms with van der Waals surface area (Å²) >= 11 is 0. The van der Waals surface area contributed by atoms with Gasteiger partial charge < -0.3 is 15.2 Å². The van der Waals surface area contributed by atoms with E-state index in [2.05, 4.69) is 5.32 Å². The molecule has 0 radical (unpaired) electrons. The van der Waals surface area contributed by atoms with Crippen molar-refractivity contribution in [2.45, 2.75) is 26.2 Å². The first-order valence-electron chi connectivity index (χ1n) is 6.65. The Hall–Kier alpha value is -2.04. The van der Waals surface area contributed by atoms with Crippen molar-refractivity contribution in [3.63, 3.8) is 0 Å². The number of hydrogen-bond acceptors (Lipinski definition) is 3. The van der Waals surface area contributed by atoms with Gasteiger partial charge >= 0.3 is 5.97 Å². The van der Waals surface area contributed by atoms with E-state index in [9.17, 15) is 9.59 Å². The Morgan fingerprint density at radius 3 is 2.80 bits per heavy atom. The molecule has 0 bridgehead atoms. The first-order chi connectivity index (χ1) is 9.52. The predicted molar refractivity (Wildman–Crippen MR) is 75.7 cm³/mol. The Kier molecular flexibility index (Phi) is 6.56. The highest BCUT2D eigenvalue weighted by Crippen LogP contribution is 2.13. The van der Waals surface area contributed by atoms with Crippen LogP contribution < -0.4 is 10.1 Å². The normalized spacial score (nSPS) is 11.7. The summed E-state index contributed by atoms with van der Waals surface area (Å²) in [5.41, 5.74) is 1.04. The fourth-order valence-corrected chi connectivity index (χ4v) is 1.73. The third-order valence-corrected chi connectivity index (χ3v) is 3.10. The van der Waals surface area contributed by atoms with Crippen molar-refractivity contribution in [3.8, 4) is 5.75 Å². The molecule has 1 aromatic rings. The number of benzene rings is 1. The molecule has 1 amide bonds. The average molecular weight is 279 g/mol. The largest absolute Gasteiger partial charge is 0.497 e. The third-order valence-electron chi connectivity index (χ3n) is 3.10. The maximum atomic E-state index is 11.6. The Morgan fingerprint density at radius 2 is 2.15 bits per heavy atom. The summed E-state index contributed by atoms with van der Waals surface area (Å²) in [6, 6.07) is 7.60. The summed E-state index contributed by atoms with van der Waals surface area (Å²) in [5, 5.41) is 11.5. The second-order valence-electron chi connectivity index (χ2n) is 4.73. The minimum absolute atomic E-state index is 0.0644. The molecule has 5 heteroatoms. The van der Waals surface area contributed by atoms with Gasteiger partial charge in [0, 0.05) is 13.0 Å². The Morgan fingerprint density at radius 1 is 1.40 bits per heavy atom. The van der Waals surface area contributed by atoms with E-state index in [0.29, 0.717) is 25.8 Å². The monoisotopic (exact) mass is 279 g/mol. The number of ether oxygens (including phenoxy) is 1. The van der Waals surface area contributed by atoms with Crippen LogP contribution in [0.15, 0.2) is 24.3 Å². The first kappa shape index (κ1) is 16.0. The summed E-state index contributed by atoms with van der Waals surface area (Å²) in [7, 11) is 1.61. The van der Waals surface area contributed by atoms with Gasteiger partial charge in [-0.3, -0.25) is 9.59 Å². The SMILES string of the molecule is COc1cccc(CCC(=O)NCCC(C)C(=O)O)c1. The molecule has 5 nitrogen and oxygen atoms in total. The lowest BCUT2D eigenvalue weighted by Gasteiger charge is -2.08. The van der Waals surface area contributed by atoms with Crippen LogP contribution in [0.5, 0.6) is 5.75 Å². The Balaban J connectivity index is 2.27. The molecule has 0 aliphatic heterocycles. The van der Waals surface area contributed by atoms with E-state index in [1.54, 1.807) is 14.0 Å². The fourth-order valence-electron chi connectivity index (χ4n) is 1.73. The Bertz CT molecular complexity index is 459. The third kappa shape index (κ3) is 5.73. The average Bonchev–Trinajstić information content (AvgIpc) is 2.45. The summed E-state index contributed by atoms with van der Waals surface area (Å²) in [5.74, 6) is -0.562. The lowest BCUT2D eigenvalue weighted by Crippen LogP contribution is -2.27. The van der Waals surface area contributed by atoms with Crippen molar-refractivity contribution in [2.75, 3.05) is 13.7 Å².